The second kappa shape index (κ2) is 6.51. The van der Waals surface area contributed by atoms with Gasteiger partial charge < -0.3 is 15.2 Å². The fourth-order valence-electron chi connectivity index (χ4n) is 2.32. The van der Waals surface area contributed by atoms with Gasteiger partial charge in [0.2, 0.25) is 0 Å². The summed E-state index contributed by atoms with van der Waals surface area (Å²) in [5.74, 6) is 0.313. The lowest BCUT2D eigenvalue weighted by atomic mass is 10.1. The number of carbonyl (C=O) groups is 1. The van der Waals surface area contributed by atoms with Crippen molar-refractivity contribution in [2.45, 2.75) is 0 Å². The maximum absolute atomic E-state index is 12.7. The zero-order valence-electron chi connectivity index (χ0n) is 12.6. The van der Waals surface area contributed by atoms with Gasteiger partial charge in [0.25, 0.3) is 5.91 Å². The third-order valence-electron chi connectivity index (χ3n) is 3.48. The molecular weight excluding hydrogens is 348 g/mol. The summed E-state index contributed by atoms with van der Waals surface area (Å²) in [4.78, 5) is 14.0. The number of carbonyl (C=O) groups excluding carboxylic acids is 1. The number of nitrogens with one attached hydrogen (secondary N) is 1. The first kappa shape index (κ1) is 16.3. The van der Waals surface area contributed by atoms with Crippen molar-refractivity contribution in [3.8, 4) is 11.5 Å². The van der Waals surface area contributed by atoms with Crippen molar-refractivity contribution >= 4 is 46.6 Å². The molecule has 0 saturated carbocycles. The SMILES string of the molecule is COc1cccc(N2C(=O)/C(=C/c3cc(Cl)ccc3O)NC2=S)c1. The summed E-state index contributed by atoms with van der Waals surface area (Å²) in [5, 5.41) is 13.5. The summed E-state index contributed by atoms with van der Waals surface area (Å²) in [6.07, 6.45) is 1.51. The number of hydrogen-bond donors (Lipinski definition) is 2. The second-order valence-corrected chi connectivity index (χ2v) is 5.86. The predicted molar refractivity (Wildman–Crippen MR) is 97.3 cm³/mol. The zero-order valence-corrected chi connectivity index (χ0v) is 14.2. The van der Waals surface area contributed by atoms with Gasteiger partial charge >= 0.3 is 0 Å². The van der Waals surface area contributed by atoms with Gasteiger partial charge in [-0.05, 0) is 48.6 Å². The third-order valence-corrected chi connectivity index (χ3v) is 4.00. The lowest BCUT2D eigenvalue weighted by Crippen LogP contribution is -2.30. The van der Waals surface area contributed by atoms with Crippen LogP contribution >= 0.6 is 23.8 Å². The van der Waals surface area contributed by atoms with Crippen molar-refractivity contribution in [1.82, 2.24) is 5.32 Å². The van der Waals surface area contributed by atoms with Crippen molar-refractivity contribution in [3.63, 3.8) is 0 Å². The number of nitrogens with zero attached hydrogens (tertiary/aromatic N) is 1. The van der Waals surface area contributed by atoms with Gasteiger partial charge in [-0.3, -0.25) is 9.69 Å². The van der Waals surface area contributed by atoms with Crippen LogP contribution in [0.4, 0.5) is 5.69 Å². The minimum atomic E-state index is -0.326. The molecule has 1 aliphatic rings. The van der Waals surface area contributed by atoms with Gasteiger partial charge in [0, 0.05) is 16.7 Å². The van der Waals surface area contributed by atoms with Gasteiger partial charge in [-0.25, -0.2) is 0 Å². The topological polar surface area (TPSA) is 61.8 Å². The molecule has 0 atom stereocenters. The van der Waals surface area contributed by atoms with E-state index < -0.39 is 0 Å². The highest BCUT2D eigenvalue weighted by atomic mass is 35.5. The average Bonchev–Trinajstić information content (AvgIpc) is 2.85. The van der Waals surface area contributed by atoms with E-state index in [4.69, 9.17) is 28.6 Å². The molecule has 1 aliphatic heterocycles. The maximum Gasteiger partial charge on any atom is 0.281 e. The molecule has 0 spiro atoms. The highest BCUT2D eigenvalue weighted by Crippen LogP contribution is 2.28. The molecule has 0 aliphatic carbocycles. The van der Waals surface area contributed by atoms with E-state index in [-0.39, 0.29) is 22.5 Å². The van der Waals surface area contributed by atoms with Gasteiger partial charge in [0.05, 0.1) is 12.8 Å². The zero-order chi connectivity index (χ0) is 17.3. The Hall–Kier alpha value is -2.57. The van der Waals surface area contributed by atoms with E-state index in [1.54, 1.807) is 43.5 Å². The number of phenolic OH excluding ortho intramolecular Hbond substituents is 1. The normalized spacial score (nSPS) is 15.8. The molecule has 0 aromatic heterocycles. The molecule has 2 N–H and O–H groups in total. The van der Waals surface area contributed by atoms with Crippen molar-refractivity contribution in [1.29, 1.82) is 0 Å². The molecule has 0 unspecified atom stereocenters. The van der Waals surface area contributed by atoms with E-state index in [1.165, 1.54) is 17.0 Å². The summed E-state index contributed by atoms with van der Waals surface area (Å²) >= 11 is 11.2. The standard InChI is InChI=1S/C17H13ClN2O3S/c1-23-13-4-2-3-12(9-13)20-16(22)14(19-17(20)24)8-10-7-11(18)5-6-15(10)21/h2-9,21H,1H3,(H,19,24)/b14-8-. The number of anilines is 1. The number of hydrogen-bond acceptors (Lipinski definition) is 4. The molecule has 2 aromatic rings. The van der Waals surface area contributed by atoms with Crippen molar-refractivity contribution in [2.75, 3.05) is 12.0 Å². The second-order valence-electron chi connectivity index (χ2n) is 5.03. The molecule has 24 heavy (non-hydrogen) atoms. The molecule has 1 heterocycles. The smallest absolute Gasteiger partial charge is 0.281 e. The van der Waals surface area contributed by atoms with E-state index in [1.807, 2.05) is 0 Å². The number of rotatable bonds is 3. The number of methoxy groups -OCH3 is 1. The Morgan fingerprint density at radius 3 is 2.83 bits per heavy atom. The first-order chi connectivity index (χ1) is 11.5. The number of halogens is 1. The van der Waals surface area contributed by atoms with Crippen LogP contribution in [0.15, 0.2) is 48.2 Å². The van der Waals surface area contributed by atoms with Crippen molar-refractivity contribution in [3.05, 3.63) is 58.7 Å². The maximum atomic E-state index is 12.7. The van der Waals surface area contributed by atoms with Crippen LogP contribution in [0.25, 0.3) is 6.08 Å². The molecule has 0 bridgehead atoms. The molecule has 122 valence electrons. The number of thiocarbonyl (C=S) groups is 1. The monoisotopic (exact) mass is 360 g/mol. The van der Waals surface area contributed by atoms with Gasteiger partial charge in [-0.1, -0.05) is 17.7 Å². The molecule has 1 saturated heterocycles. The molecule has 1 fully saturated rings. The Morgan fingerprint density at radius 2 is 2.08 bits per heavy atom. The Balaban J connectivity index is 1.97. The predicted octanol–water partition coefficient (Wildman–Crippen LogP) is 3.32. The minimum absolute atomic E-state index is 0.0206. The fraction of sp³-hybridized carbons (Fsp3) is 0.0588. The number of ether oxygens (including phenoxy) is 1. The number of phenols is 1. The Bertz CT molecular complexity index is 867. The summed E-state index contributed by atoms with van der Waals surface area (Å²) in [6.45, 7) is 0. The van der Waals surface area contributed by atoms with E-state index in [9.17, 15) is 9.90 Å². The van der Waals surface area contributed by atoms with Crippen LogP contribution in [-0.2, 0) is 4.79 Å². The van der Waals surface area contributed by atoms with Crippen LogP contribution in [0.2, 0.25) is 5.02 Å². The van der Waals surface area contributed by atoms with Crippen LogP contribution in [0.3, 0.4) is 0 Å². The highest BCUT2D eigenvalue weighted by molar-refractivity contribution is 7.80. The number of aromatic hydroxyl groups is 1. The first-order valence-corrected chi connectivity index (χ1v) is 7.78. The van der Waals surface area contributed by atoms with Crippen LogP contribution in [-0.4, -0.2) is 23.2 Å². The summed E-state index contributed by atoms with van der Waals surface area (Å²) in [6, 6.07) is 11.6. The van der Waals surface area contributed by atoms with Gasteiger partial charge in [0.15, 0.2) is 5.11 Å². The quantitative estimate of drug-likeness (QED) is 0.649. The van der Waals surface area contributed by atoms with Crippen LogP contribution in [0.5, 0.6) is 11.5 Å². The molecule has 2 aromatic carbocycles. The number of amides is 1. The summed E-state index contributed by atoms with van der Waals surface area (Å²) in [5.41, 5.74) is 1.27. The third kappa shape index (κ3) is 3.06. The van der Waals surface area contributed by atoms with E-state index in [0.29, 0.717) is 22.0 Å². The Kier molecular flexibility index (Phi) is 4.42. The van der Waals surface area contributed by atoms with Crippen LogP contribution in [0, 0.1) is 0 Å². The van der Waals surface area contributed by atoms with Gasteiger partial charge in [-0.15, -0.1) is 0 Å². The molecule has 3 rings (SSSR count). The van der Waals surface area contributed by atoms with E-state index >= 15 is 0 Å². The Morgan fingerprint density at radius 1 is 1.29 bits per heavy atom. The van der Waals surface area contributed by atoms with Crippen LogP contribution < -0.4 is 15.0 Å². The minimum Gasteiger partial charge on any atom is -0.507 e. The van der Waals surface area contributed by atoms with Crippen molar-refractivity contribution in [2.24, 2.45) is 0 Å². The highest BCUT2D eigenvalue weighted by Gasteiger charge is 2.32. The van der Waals surface area contributed by atoms with E-state index in [2.05, 4.69) is 5.32 Å². The first-order valence-electron chi connectivity index (χ1n) is 6.99. The summed E-state index contributed by atoms with van der Waals surface area (Å²) in [7, 11) is 1.55. The number of benzene rings is 2. The Labute approximate surface area is 149 Å². The molecule has 1 amide bonds. The summed E-state index contributed by atoms with van der Waals surface area (Å²) < 4.78 is 5.17. The molecule has 5 nitrogen and oxygen atoms in total. The molecule has 0 radical (unpaired) electrons. The fourth-order valence-corrected chi connectivity index (χ4v) is 2.79. The molecule has 7 heteroatoms. The lowest BCUT2D eigenvalue weighted by Gasteiger charge is -2.14. The van der Waals surface area contributed by atoms with Gasteiger partial charge in [0.1, 0.15) is 17.2 Å². The largest absolute Gasteiger partial charge is 0.507 e. The van der Waals surface area contributed by atoms with Crippen LogP contribution in [0.1, 0.15) is 5.56 Å². The average molecular weight is 361 g/mol. The van der Waals surface area contributed by atoms with Crippen molar-refractivity contribution < 1.29 is 14.6 Å². The lowest BCUT2D eigenvalue weighted by molar-refractivity contribution is -0.113. The molecular formula is C17H13ClN2O3S. The van der Waals surface area contributed by atoms with E-state index in [0.717, 1.165) is 0 Å². The van der Waals surface area contributed by atoms with Gasteiger partial charge in [-0.2, -0.15) is 0 Å².